The molecule has 1 aromatic rings. The minimum atomic E-state index is -3.54. The van der Waals surface area contributed by atoms with Gasteiger partial charge in [0.1, 0.15) is 0 Å². The van der Waals surface area contributed by atoms with Gasteiger partial charge >= 0.3 is 0 Å². The van der Waals surface area contributed by atoms with Gasteiger partial charge in [0.05, 0.1) is 24.0 Å². The normalized spacial score (nSPS) is 24.5. The summed E-state index contributed by atoms with van der Waals surface area (Å²) in [5, 5.41) is 0. The molecule has 3 aliphatic rings. The lowest BCUT2D eigenvalue weighted by atomic mass is 9.98. The molecular formula is C19H26N2O4S. The minimum absolute atomic E-state index is 0.0714. The van der Waals surface area contributed by atoms with Gasteiger partial charge in [-0.05, 0) is 55.4 Å². The number of fused-ring (bicyclic) bond motifs is 1. The number of hydrogen-bond acceptors (Lipinski definition) is 4. The lowest BCUT2D eigenvalue weighted by molar-refractivity contribution is -0.140. The Kier molecular flexibility index (Phi) is 5.03. The highest BCUT2D eigenvalue weighted by Crippen LogP contribution is 2.29. The van der Waals surface area contributed by atoms with E-state index in [1.165, 1.54) is 9.87 Å². The van der Waals surface area contributed by atoms with E-state index in [-0.39, 0.29) is 18.4 Å². The van der Waals surface area contributed by atoms with E-state index in [0.29, 0.717) is 37.7 Å². The highest BCUT2D eigenvalue weighted by Gasteiger charge is 2.35. The van der Waals surface area contributed by atoms with E-state index in [2.05, 4.69) is 0 Å². The van der Waals surface area contributed by atoms with Gasteiger partial charge in [-0.3, -0.25) is 4.79 Å². The number of carbonyl (C=O) groups excluding carboxylic acids is 1. The molecule has 1 aliphatic carbocycles. The van der Waals surface area contributed by atoms with Crippen molar-refractivity contribution in [1.82, 2.24) is 9.21 Å². The number of benzene rings is 1. The van der Waals surface area contributed by atoms with Crippen molar-refractivity contribution in [2.24, 2.45) is 5.92 Å². The van der Waals surface area contributed by atoms with Crippen LogP contribution >= 0.6 is 0 Å². The van der Waals surface area contributed by atoms with Crippen LogP contribution in [-0.2, 0) is 32.4 Å². The molecule has 4 rings (SSSR count). The van der Waals surface area contributed by atoms with Crippen LogP contribution in [0.15, 0.2) is 23.1 Å². The summed E-state index contributed by atoms with van der Waals surface area (Å²) in [7, 11) is -3.54. The maximum atomic E-state index is 13.1. The predicted molar refractivity (Wildman–Crippen MR) is 97.3 cm³/mol. The van der Waals surface area contributed by atoms with Gasteiger partial charge in [-0.25, -0.2) is 8.42 Å². The first-order valence-electron chi connectivity index (χ1n) is 9.54. The molecule has 0 N–H and O–H groups in total. The summed E-state index contributed by atoms with van der Waals surface area (Å²) in [4.78, 5) is 15.0. The van der Waals surface area contributed by atoms with Gasteiger partial charge in [0.2, 0.25) is 15.9 Å². The smallest absolute Gasteiger partial charge is 0.243 e. The monoisotopic (exact) mass is 378 g/mol. The van der Waals surface area contributed by atoms with Crippen molar-refractivity contribution in [1.29, 1.82) is 0 Å². The number of nitrogens with zero attached hydrogens (tertiary/aromatic N) is 2. The molecule has 1 atom stereocenters. The first-order chi connectivity index (χ1) is 12.6. The summed E-state index contributed by atoms with van der Waals surface area (Å²) in [6, 6.07) is 5.52. The lowest BCUT2D eigenvalue weighted by Gasteiger charge is -2.35. The third kappa shape index (κ3) is 3.40. The fraction of sp³-hybridized carbons (Fsp3) is 0.632. The van der Waals surface area contributed by atoms with Crippen LogP contribution in [-0.4, -0.2) is 62.9 Å². The quantitative estimate of drug-likeness (QED) is 0.798. The molecule has 0 bridgehead atoms. The Hall–Kier alpha value is -1.44. The van der Waals surface area contributed by atoms with E-state index in [1.807, 2.05) is 17.0 Å². The number of carbonyl (C=O) groups is 1. The number of morpholine rings is 1. The molecule has 1 amide bonds. The summed E-state index contributed by atoms with van der Waals surface area (Å²) in [6.45, 7) is 3.12. The predicted octanol–water partition coefficient (Wildman–Crippen LogP) is 1.43. The topological polar surface area (TPSA) is 66.9 Å². The highest BCUT2D eigenvalue weighted by atomic mass is 32.2. The third-order valence-corrected chi connectivity index (χ3v) is 7.62. The number of amides is 1. The van der Waals surface area contributed by atoms with Crippen LogP contribution < -0.4 is 0 Å². The number of ether oxygens (including phenoxy) is 1. The second kappa shape index (κ2) is 7.29. The van der Waals surface area contributed by atoms with Crippen molar-refractivity contribution in [2.75, 3.05) is 39.4 Å². The Morgan fingerprint density at radius 2 is 1.81 bits per heavy atom. The molecule has 2 aliphatic heterocycles. The van der Waals surface area contributed by atoms with E-state index in [4.69, 9.17) is 4.74 Å². The van der Waals surface area contributed by atoms with Crippen molar-refractivity contribution in [3.8, 4) is 0 Å². The molecule has 2 fully saturated rings. The van der Waals surface area contributed by atoms with Crippen LogP contribution in [0.4, 0.5) is 0 Å². The van der Waals surface area contributed by atoms with E-state index in [1.54, 1.807) is 6.07 Å². The summed E-state index contributed by atoms with van der Waals surface area (Å²) in [5.74, 6) is -0.173. The molecule has 7 heteroatoms. The number of piperidine rings is 1. The molecule has 0 radical (unpaired) electrons. The molecule has 1 aromatic carbocycles. The third-order valence-electron chi connectivity index (χ3n) is 5.76. The maximum Gasteiger partial charge on any atom is 0.243 e. The Labute approximate surface area is 155 Å². The zero-order valence-corrected chi connectivity index (χ0v) is 15.8. The van der Waals surface area contributed by atoms with Gasteiger partial charge in [0.25, 0.3) is 0 Å². The van der Waals surface area contributed by atoms with E-state index in [0.717, 1.165) is 37.7 Å². The molecule has 2 saturated heterocycles. The molecule has 26 heavy (non-hydrogen) atoms. The van der Waals surface area contributed by atoms with Crippen molar-refractivity contribution in [3.05, 3.63) is 29.3 Å². The first kappa shape index (κ1) is 17.9. The average Bonchev–Trinajstić information content (AvgIpc) is 3.16. The molecule has 6 nitrogen and oxygen atoms in total. The summed E-state index contributed by atoms with van der Waals surface area (Å²) in [5.41, 5.74) is 2.42. The lowest BCUT2D eigenvalue weighted by Crippen LogP contribution is -2.49. The molecular weight excluding hydrogens is 352 g/mol. The van der Waals surface area contributed by atoms with Gasteiger partial charge in [0.15, 0.2) is 0 Å². The summed E-state index contributed by atoms with van der Waals surface area (Å²) >= 11 is 0. The Morgan fingerprint density at radius 1 is 1.04 bits per heavy atom. The van der Waals surface area contributed by atoms with Crippen LogP contribution in [0.25, 0.3) is 0 Å². The number of sulfonamides is 1. The molecule has 2 heterocycles. The fourth-order valence-corrected chi connectivity index (χ4v) is 5.84. The number of hydrogen-bond donors (Lipinski definition) is 0. The van der Waals surface area contributed by atoms with Crippen LogP contribution in [0.5, 0.6) is 0 Å². The zero-order valence-electron chi connectivity index (χ0n) is 15.0. The highest BCUT2D eigenvalue weighted by molar-refractivity contribution is 7.89. The van der Waals surface area contributed by atoms with Gasteiger partial charge in [-0.2, -0.15) is 4.31 Å². The molecule has 0 spiro atoms. The van der Waals surface area contributed by atoms with Crippen molar-refractivity contribution >= 4 is 15.9 Å². The SMILES string of the molecule is O=C(C1CCCN(S(=O)(=O)c2ccc3c(c2)CCC3)C1)N1CCOCC1. The number of rotatable bonds is 3. The first-order valence-corrected chi connectivity index (χ1v) is 11.0. The number of aryl methyl sites for hydroxylation is 2. The van der Waals surface area contributed by atoms with Crippen molar-refractivity contribution < 1.29 is 17.9 Å². The van der Waals surface area contributed by atoms with Crippen LogP contribution in [0, 0.1) is 5.92 Å². The van der Waals surface area contributed by atoms with Crippen molar-refractivity contribution in [3.63, 3.8) is 0 Å². The van der Waals surface area contributed by atoms with Crippen LogP contribution in [0.3, 0.4) is 0 Å². The van der Waals surface area contributed by atoms with E-state index >= 15 is 0 Å². The van der Waals surface area contributed by atoms with Gasteiger partial charge in [-0.15, -0.1) is 0 Å². The largest absolute Gasteiger partial charge is 0.378 e. The van der Waals surface area contributed by atoms with Crippen LogP contribution in [0.1, 0.15) is 30.4 Å². The molecule has 0 aromatic heterocycles. The molecule has 142 valence electrons. The van der Waals surface area contributed by atoms with Crippen molar-refractivity contribution in [2.45, 2.75) is 37.0 Å². The summed E-state index contributed by atoms with van der Waals surface area (Å²) in [6.07, 6.45) is 4.57. The standard InChI is InChI=1S/C19H26N2O4S/c22-19(20-9-11-25-12-10-20)17-5-2-8-21(14-17)26(23,24)18-7-6-15-3-1-4-16(15)13-18/h6-7,13,17H,1-5,8-12,14H2. The average molecular weight is 378 g/mol. The van der Waals surface area contributed by atoms with Gasteiger partial charge in [-0.1, -0.05) is 6.07 Å². The van der Waals surface area contributed by atoms with Gasteiger partial charge in [0, 0.05) is 26.2 Å². The maximum absolute atomic E-state index is 13.1. The Bertz CT molecular complexity index is 787. The van der Waals surface area contributed by atoms with Crippen LogP contribution in [0.2, 0.25) is 0 Å². The fourth-order valence-electron chi connectivity index (χ4n) is 4.26. The summed E-state index contributed by atoms with van der Waals surface area (Å²) < 4.78 is 33.0. The van der Waals surface area contributed by atoms with E-state index in [9.17, 15) is 13.2 Å². The van der Waals surface area contributed by atoms with Gasteiger partial charge < -0.3 is 9.64 Å². The zero-order chi connectivity index (χ0) is 18.1. The molecule has 1 unspecified atom stereocenters. The second-order valence-corrected chi connectivity index (χ2v) is 9.36. The Morgan fingerprint density at radius 3 is 2.62 bits per heavy atom. The minimum Gasteiger partial charge on any atom is -0.378 e. The Balaban J connectivity index is 1.50. The second-order valence-electron chi connectivity index (χ2n) is 7.42. The molecule has 0 saturated carbocycles. The van der Waals surface area contributed by atoms with E-state index < -0.39 is 10.0 Å².